The van der Waals surface area contributed by atoms with Crippen LogP contribution in [0.5, 0.6) is 0 Å². The third-order valence-corrected chi connectivity index (χ3v) is 5.94. The number of ether oxygens (including phenoxy) is 1. The first-order valence-corrected chi connectivity index (χ1v) is 10.0. The summed E-state index contributed by atoms with van der Waals surface area (Å²) in [4.78, 5) is 30.8. The Labute approximate surface area is 163 Å². The predicted molar refractivity (Wildman–Crippen MR) is 104 cm³/mol. The molecular formula is C19H15N3O3S2. The number of pyridine rings is 1. The zero-order chi connectivity index (χ0) is 18.6. The lowest BCUT2D eigenvalue weighted by Gasteiger charge is -2.20. The number of hydrogen-bond donors (Lipinski definition) is 0. The molecule has 6 nitrogen and oxygen atoms in total. The summed E-state index contributed by atoms with van der Waals surface area (Å²) in [6.07, 6.45) is 2.14. The second-order valence-corrected chi connectivity index (χ2v) is 7.72. The van der Waals surface area contributed by atoms with Crippen LogP contribution in [0.4, 0.5) is 0 Å². The molecule has 1 amide bonds. The largest absolute Gasteiger partial charge is 0.451 e. The van der Waals surface area contributed by atoms with Gasteiger partial charge >= 0.3 is 5.97 Å². The molecule has 4 heterocycles. The van der Waals surface area contributed by atoms with Crippen molar-refractivity contribution in [2.45, 2.75) is 12.5 Å². The molecule has 0 aliphatic carbocycles. The molecule has 3 aromatic heterocycles. The van der Waals surface area contributed by atoms with Gasteiger partial charge in [-0.25, -0.2) is 14.8 Å². The van der Waals surface area contributed by atoms with E-state index in [-0.39, 0.29) is 24.2 Å². The number of amides is 1. The lowest BCUT2D eigenvalue weighted by Crippen LogP contribution is -2.31. The summed E-state index contributed by atoms with van der Waals surface area (Å²) in [6, 6.07) is 12.7. The maximum atomic E-state index is 12.7. The van der Waals surface area contributed by atoms with E-state index in [1.54, 1.807) is 40.9 Å². The van der Waals surface area contributed by atoms with E-state index in [0.29, 0.717) is 6.42 Å². The minimum Gasteiger partial charge on any atom is -0.451 e. The van der Waals surface area contributed by atoms with Gasteiger partial charge in [0.2, 0.25) is 0 Å². The van der Waals surface area contributed by atoms with Crippen LogP contribution in [0.3, 0.4) is 0 Å². The van der Waals surface area contributed by atoms with Crippen LogP contribution < -0.4 is 0 Å². The SMILES string of the molecule is O=C(OCC(=O)N1N=C(c2cccs2)C[C@@H]1c1cccs1)c1ccccn1. The highest BCUT2D eigenvalue weighted by Gasteiger charge is 2.34. The number of nitrogens with zero attached hydrogens (tertiary/aromatic N) is 3. The highest BCUT2D eigenvalue weighted by atomic mass is 32.1. The molecule has 0 saturated heterocycles. The molecule has 3 aromatic rings. The van der Waals surface area contributed by atoms with Gasteiger partial charge in [0.25, 0.3) is 5.91 Å². The number of carbonyl (C=O) groups is 2. The molecule has 4 rings (SSSR count). The predicted octanol–water partition coefficient (Wildman–Crippen LogP) is 3.74. The Morgan fingerprint density at radius 3 is 2.67 bits per heavy atom. The van der Waals surface area contributed by atoms with E-state index in [1.165, 1.54) is 11.2 Å². The second-order valence-electron chi connectivity index (χ2n) is 5.79. The fourth-order valence-electron chi connectivity index (χ4n) is 2.79. The normalized spacial score (nSPS) is 16.2. The zero-order valence-corrected chi connectivity index (χ0v) is 15.8. The smallest absolute Gasteiger partial charge is 0.357 e. The maximum Gasteiger partial charge on any atom is 0.357 e. The molecule has 0 bridgehead atoms. The van der Waals surface area contributed by atoms with Gasteiger partial charge < -0.3 is 4.74 Å². The molecule has 136 valence electrons. The zero-order valence-electron chi connectivity index (χ0n) is 14.1. The number of carbonyl (C=O) groups excluding carboxylic acids is 2. The molecule has 1 aliphatic rings. The highest BCUT2D eigenvalue weighted by molar-refractivity contribution is 7.12. The topological polar surface area (TPSA) is 71.9 Å². The quantitative estimate of drug-likeness (QED) is 0.615. The summed E-state index contributed by atoms with van der Waals surface area (Å²) in [5, 5.41) is 9.92. The number of hydrogen-bond acceptors (Lipinski definition) is 7. The van der Waals surface area contributed by atoms with E-state index in [2.05, 4.69) is 10.1 Å². The summed E-state index contributed by atoms with van der Waals surface area (Å²) in [7, 11) is 0. The fraction of sp³-hybridized carbons (Fsp3) is 0.158. The van der Waals surface area contributed by atoms with Crippen LogP contribution in [0.2, 0.25) is 0 Å². The number of thiophene rings is 2. The van der Waals surface area contributed by atoms with Crippen molar-refractivity contribution in [3.05, 3.63) is 74.9 Å². The molecule has 1 aliphatic heterocycles. The first-order chi connectivity index (χ1) is 13.2. The van der Waals surface area contributed by atoms with E-state index >= 15 is 0 Å². The van der Waals surface area contributed by atoms with Crippen LogP contribution in [-0.2, 0) is 9.53 Å². The van der Waals surface area contributed by atoms with Gasteiger partial charge in [-0.1, -0.05) is 18.2 Å². The van der Waals surface area contributed by atoms with Gasteiger partial charge in [0.05, 0.1) is 16.6 Å². The van der Waals surface area contributed by atoms with Crippen LogP contribution in [0.15, 0.2) is 64.5 Å². The van der Waals surface area contributed by atoms with Crippen molar-refractivity contribution in [2.75, 3.05) is 6.61 Å². The molecule has 27 heavy (non-hydrogen) atoms. The number of esters is 1. The first kappa shape index (κ1) is 17.6. The number of aromatic nitrogens is 1. The monoisotopic (exact) mass is 397 g/mol. The summed E-state index contributed by atoms with van der Waals surface area (Å²) in [5.41, 5.74) is 1.04. The van der Waals surface area contributed by atoms with E-state index in [4.69, 9.17) is 4.74 Å². The summed E-state index contributed by atoms with van der Waals surface area (Å²) < 4.78 is 5.14. The molecule has 1 atom stereocenters. The van der Waals surface area contributed by atoms with Crippen LogP contribution in [0.1, 0.15) is 32.7 Å². The number of rotatable bonds is 5. The van der Waals surface area contributed by atoms with Gasteiger partial charge in [-0.05, 0) is 35.0 Å². The number of hydrazone groups is 1. The van der Waals surface area contributed by atoms with Crippen molar-refractivity contribution in [3.63, 3.8) is 0 Å². The molecule has 0 aromatic carbocycles. The van der Waals surface area contributed by atoms with E-state index < -0.39 is 5.97 Å². The Morgan fingerprint density at radius 1 is 1.11 bits per heavy atom. The summed E-state index contributed by atoms with van der Waals surface area (Å²) in [6.45, 7) is -0.376. The van der Waals surface area contributed by atoms with Crippen molar-refractivity contribution in [1.29, 1.82) is 0 Å². The van der Waals surface area contributed by atoms with Crippen molar-refractivity contribution in [3.8, 4) is 0 Å². The minimum absolute atomic E-state index is 0.171. The standard InChI is InChI=1S/C19H15N3O3S2/c23-18(12-25-19(24)13-5-1-2-8-20-13)22-15(17-7-4-10-27-17)11-14(21-22)16-6-3-9-26-16/h1-10,15H,11-12H2/t15-/m1/s1. The minimum atomic E-state index is -0.627. The van der Waals surface area contributed by atoms with Gasteiger partial charge in [-0.2, -0.15) is 5.10 Å². The van der Waals surface area contributed by atoms with Crippen molar-refractivity contribution < 1.29 is 14.3 Å². The Hall–Kier alpha value is -2.84. The van der Waals surface area contributed by atoms with Crippen LogP contribution in [0.25, 0.3) is 0 Å². The van der Waals surface area contributed by atoms with E-state index in [9.17, 15) is 9.59 Å². The average Bonchev–Trinajstić information content (AvgIpc) is 3.46. The van der Waals surface area contributed by atoms with E-state index in [0.717, 1.165) is 15.5 Å². The average molecular weight is 397 g/mol. The molecule has 0 saturated carbocycles. The van der Waals surface area contributed by atoms with Crippen LogP contribution in [-0.4, -0.2) is 34.2 Å². The summed E-state index contributed by atoms with van der Waals surface area (Å²) >= 11 is 3.17. The molecule has 0 unspecified atom stereocenters. The Morgan fingerprint density at radius 2 is 1.96 bits per heavy atom. The molecular weight excluding hydrogens is 382 g/mol. The molecule has 8 heteroatoms. The third-order valence-electron chi connectivity index (χ3n) is 4.04. The molecule has 0 radical (unpaired) electrons. The van der Waals surface area contributed by atoms with Gasteiger partial charge in [-0.3, -0.25) is 4.79 Å². The van der Waals surface area contributed by atoms with Crippen molar-refractivity contribution >= 4 is 40.3 Å². The second kappa shape index (κ2) is 7.81. The van der Waals surface area contributed by atoms with Gasteiger partial charge in [-0.15, -0.1) is 22.7 Å². The maximum absolute atomic E-state index is 12.7. The van der Waals surface area contributed by atoms with Crippen LogP contribution >= 0.6 is 22.7 Å². The fourth-order valence-corrected chi connectivity index (χ4v) is 4.32. The van der Waals surface area contributed by atoms with Crippen molar-refractivity contribution in [2.24, 2.45) is 5.10 Å². The molecule has 0 spiro atoms. The Bertz CT molecular complexity index is 954. The lowest BCUT2D eigenvalue weighted by molar-refractivity contribution is -0.136. The van der Waals surface area contributed by atoms with Gasteiger partial charge in [0.1, 0.15) is 5.69 Å². The van der Waals surface area contributed by atoms with Gasteiger partial charge in [0, 0.05) is 17.5 Å². The van der Waals surface area contributed by atoms with Crippen molar-refractivity contribution in [1.82, 2.24) is 9.99 Å². The van der Waals surface area contributed by atoms with E-state index in [1.807, 2.05) is 35.0 Å². The Balaban J connectivity index is 1.50. The molecule has 0 N–H and O–H groups in total. The molecule has 0 fully saturated rings. The highest BCUT2D eigenvalue weighted by Crippen LogP contribution is 2.35. The lowest BCUT2D eigenvalue weighted by atomic mass is 10.1. The third kappa shape index (κ3) is 3.81. The summed E-state index contributed by atoms with van der Waals surface area (Å²) in [5.74, 6) is -0.984. The first-order valence-electron chi connectivity index (χ1n) is 8.27. The van der Waals surface area contributed by atoms with Gasteiger partial charge in [0.15, 0.2) is 6.61 Å². The van der Waals surface area contributed by atoms with Crippen LogP contribution in [0, 0.1) is 0 Å². The Kier molecular flexibility index (Phi) is 5.08.